The predicted molar refractivity (Wildman–Crippen MR) is 81.2 cm³/mol. The van der Waals surface area contributed by atoms with Gasteiger partial charge in [0.15, 0.2) is 0 Å². The largest absolute Gasteiger partial charge is 0.350 e. The molecule has 20 heavy (non-hydrogen) atoms. The highest BCUT2D eigenvalue weighted by molar-refractivity contribution is 9.10. The van der Waals surface area contributed by atoms with Crippen molar-refractivity contribution >= 4 is 27.5 Å². The van der Waals surface area contributed by atoms with Crippen LogP contribution < -0.4 is 5.32 Å². The fourth-order valence-electron chi connectivity index (χ4n) is 2.47. The summed E-state index contributed by atoms with van der Waals surface area (Å²) in [5, 5.41) is 2.94. The number of allylic oxidation sites excluding steroid dienone is 2. The molecule has 0 aromatic carbocycles. The summed E-state index contributed by atoms with van der Waals surface area (Å²) in [4.78, 5) is 16.3. The molecule has 0 bridgehead atoms. The van der Waals surface area contributed by atoms with Crippen LogP contribution in [-0.4, -0.2) is 15.3 Å². The topological polar surface area (TPSA) is 46.4 Å². The molecule has 2 aromatic heterocycles. The van der Waals surface area contributed by atoms with Crippen molar-refractivity contribution in [3.8, 4) is 0 Å². The molecular weight excluding hydrogens is 318 g/mol. The summed E-state index contributed by atoms with van der Waals surface area (Å²) in [5.41, 5.74) is 1.76. The molecule has 4 nitrogen and oxygen atoms in total. The number of fused-ring (bicyclic) bond motifs is 1. The molecule has 0 aliphatic heterocycles. The van der Waals surface area contributed by atoms with Gasteiger partial charge >= 0.3 is 0 Å². The average Bonchev–Trinajstić information content (AvgIpc) is 3.04. The number of nitrogens with one attached hydrogen (secondary N) is 1. The van der Waals surface area contributed by atoms with Crippen molar-refractivity contribution in [1.29, 1.82) is 0 Å². The van der Waals surface area contributed by atoms with E-state index in [0.29, 0.717) is 18.9 Å². The lowest BCUT2D eigenvalue weighted by atomic mass is 10.1. The molecular formula is C15H16BrN3O. The van der Waals surface area contributed by atoms with Crippen LogP contribution in [0.5, 0.6) is 0 Å². The quantitative estimate of drug-likeness (QED) is 0.874. The molecule has 1 amide bonds. The molecule has 3 rings (SSSR count). The van der Waals surface area contributed by atoms with Crippen LogP contribution in [0.2, 0.25) is 0 Å². The number of pyridine rings is 1. The van der Waals surface area contributed by atoms with Gasteiger partial charge < -0.3 is 9.72 Å². The summed E-state index contributed by atoms with van der Waals surface area (Å²) in [5.74, 6) is 0.506. The molecule has 1 aliphatic rings. The minimum Gasteiger partial charge on any atom is -0.350 e. The lowest BCUT2D eigenvalue weighted by molar-refractivity contribution is -0.121. The summed E-state index contributed by atoms with van der Waals surface area (Å²) in [6.45, 7) is 0.481. The fourth-order valence-corrected chi connectivity index (χ4v) is 2.82. The van der Waals surface area contributed by atoms with Gasteiger partial charge in [0.05, 0.1) is 12.2 Å². The minimum absolute atomic E-state index is 0.0970. The summed E-state index contributed by atoms with van der Waals surface area (Å²) in [6, 6.07) is 3.90. The minimum atomic E-state index is 0.0970. The zero-order valence-corrected chi connectivity index (χ0v) is 12.6. The molecule has 2 aromatic rings. The van der Waals surface area contributed by atoms with Crippen molar-refractivity contribution in [3.05, 3.63) is 46.8 Å². The molecule has 104 valence electrons. The van der Waals surface area contributed by atoms with E-state index in [-0.39, 0.29) is 5.91 Å². The molecule has 1 aliphatic carbocycles. The Labute approximate surface area is 126 Å². The van der Waals surface area contributed by atoms with Gasteiger partial charge in [-0.3, -0.25) is 4.79 Å². The highest BCUT2D eigenvalue weighted by atomic mass is 79.9. The van der Waals surface area contributed by atoms with Crippen LogP contribution >= 0.6 is 15.9 Å². The van der Waals surface area contributed by atoms with Gasteiger partial charge in [-0.1, -0.05) is 12.2 Å². The van der Waals surface area contributed by atoms with Crippen molar-refractivity contribution in [2.45, 2.75) is 25.8 Å². The first-order chi connectivity index (χ1) is 9.70. The number of hydrogen-bond donors (Lipinski definition) is 1. The Hall–Kier alpha value is -1.62. The number of rotatable bonds is 4. The van der Waals surface area contributed by atoms with Gasteiger partial charge in [-0.15, -0.1) is 0 Å². The molecule has 0 saturated heterocycles. The third kappa shape index (κ3) is 3.10. The van der Waals surface area contributed by atoms with E-state index in [1.807, 2.05) is 28.9 Å². The van der Waals surface area contributed by atoms with Crippen molar-refractivity contribution in [1.82, 2.24) is 14.7 Å². The van der Waals surface area contributed by atoms with Gasteiger partial charge in [-0.2, -0.15) is 0 Å². The Kier molecular flexibility index (Phi) is 3.87. The van der Waals surface area contributed by atoms with E-state index in [9.17, 15) is 4.79 Å². The second-order valence-corrected chi connectivity index (χ2v) is 6.01. The number of hydrogen-bond acceptors (Lipinski definition) is 2. The molecule has 0 fully saturated rings. The molecule has 0 spiro atoms. The van der Waals surface area contributed by atoms with Crippen molar-refractivity contribution in [2.75, 3.05) is 0 Å². The Morgan fingerprint density at radius 3 is 3.15 bits per heavy atom. The lowest BCUT2D eigenvalue weighted by Gasteiger charge is -2.07. The zero-order chi connectivity index (χ0) is 13.9. The number of amides is 1. The van der Waals surface area contributed by atoms with Gasteiger partial charge in [0.1, 0.15) is 5.65 Å². The van der Waals surface area contributed by atoms with E-state index in [2.05, 4.69) is 38.4 Å². The fraction of sp³-hybridized carbons (Fsp3) is 0.333. The SMILES string of the molecule is O=C(CC1C=CCC1)NCc1cn2cc(Br)ccc2n1. The highest BCUT2D eigenvalue weighted by Crippen LogP contribution is 2.20. The lowest BCUT2D eigenvalue weighted by Crippen LogP contribution is -2.24. The molecule has 5 heteroatoms. The van der Waals surface area contributed by atoms with Crippen LogP contribution in [0, 0.1) is 5.92 Å². The maximum atomic E-state index is 11.9. The van der Waals surface area contributed by atoms with Crippen LogP contribution in [0.25, 0.3) is 5.65 Å². The van der Waals surface area contributed by atoms with Crippen LogP contribution in [0.1, 0.15) is 25.0 Å². The second-order valence-electron chi connectivity index (χ2n) is 5.09. The molecule has 1 unspecified atom stereocenters. The van der Waals surface area contributed by atoms with Crippen LogP contribution in [0.4, 0.5) is 0 Å². The third-order valence-corrected chi connectivity index (χ3v) is 3.96. The van der Waals surface area contributed by atoms with Crippen LogP contribution in [-0.2, 0) is 11.3 Å². The monoisotopic (exact) mass is 333 g/mol. The smallest absolute Gasteiger partial charge is 0.220 e. The Bertz CT molecular complexity index is 662. The number of aromatic nitrogens is 2. The zero-order valence-electron chi connectivity index (χ0n) is 11.1. The van der Waals surface area contributed by atoms with Crippen LogP contribution in [0.15, 0.2) is 41.2 Å². The van der Waals surface area contributed by atoms with Crippen LogP contribution in [0.3, 0.4) is 0 Å². The number of carbonyl (C=O) groups is 1. The molecule has 0 radical (unpaired) electrons. The first kappa shape index (κ1) is 13.4. The molecule has 1 N–H and O–H groups in total. The molecule has 1 atom stereocenters. The number of imidazole rings is 1. The Morgan fingerprint density at radius 2 is 2.35 bits per heavy atom. The second kappa shape index (κ2) is 5.79. The average molecular weight is 334 g/mol. The maximum Gasteiger partial charge on any atom is 0.220 e. The van der Waals surface area contributed by atoms with Gasteiger partial charge in [-0.05, 0) is 46.8 Å². The van der Waals surface area contributed by atoms with Crippen molar-refractivity contribution in [2.24, 2.45) is 5.92 Å². The van der Waals surface area contributed by atoms with E-state index >= 15 is 0 Å². The number of nitrogens with zero attached hydrogens (tertiary/aromatic N) is 2. The summed E-state index contributed by atoms with van der Waals surface area (Å²) < 4.78 is 2.96. The van der Waals surface area contributed by atoms with Gasteiger partial charge in [0.25, 0.3) is 0 Å². The maximum absolute atomic E-state index is 11.9. The Morgan fingerprint density at radius 1 is 1.45 bits per heavy atom. The normalized spacial score (nSPS) is 17.8. The Balaban J connectivity index is 1.58. The summed E-state index contributed by atoms with van der Waals surface area (Å²) in [7, 11) is 0. The third-order valence-electron chi connectivity index (χ3n) is 3.49. The van der Waals surface area contributed by atoms with E-state index in [1.165, 1.54) is 0 Å². The van der Waals surface area contributed by atoms with E-state index in [4.69, 9.17) is 0 Å². The van der Waals surface area contributed by atoms with Crippen molar-refractivity contribution < 1.29 is 4.79 Å². The first-order valence-corrected chi connectivity index (χ1v) is 7.56. The predicted octanol–water partition coefficient (Wildman–Crippen LogP) is 3.07. The van der Waals surface area contributed by atoms with E-state index in [1.54, 1.807) is 0 Å². The van der Waals surface area contributed by atoms with Gasteiger partial charge in [-0.25, -0.2) is 4.98 Å². The molecule has 2 heterocycles. The standard InChI is InChI=1S/C15H16BrN3O/c16-12-5-6-14-18-13(10-19(14)9-12)8-17-15(20)7-11-3-1-2-4-11/h1,3,5-6,9-11H,2,4,7-8H2,(H,17,20). The highest BCUT2D eigenvalue weighted by Gasteiger charge is 2.14. The number of halogens is 1. The first-order valence-electron chi connectivity index (χ1n) is 6.77. The number of carbonyl (C=O) groups excluding carboxylic acids is 1. The summed E-state index contributed by atoms with van der Waals surface area (Å²) in [6.07, 6.45) is 11.0. The van der Waals surface area contributed by atoms with Gasteiger partial charge in [0, 0.05) is 23.3 Å². The van der Waals surface area contributed by atoms with E-state index < -0.39 is 0 Å². The summed E-state index contributed by atoms with van der Waals surface area (Å²) >= 11 is 3.43. The molecule has 0 saturated carbocycles. The van der Waals surface area contributed by atoms with Crippen molar-refractivity contribution in [3.63, 3.8) is 0 Å². The van der Waals surface area contributed by atoms with E-state index in [0.717, 1.165) is 28.7 Å². The van der Waals surface area contributed by atoms with Gasteiger partial charge in [0.2, 0.25) is 5.91 Å².